The highest BCUT2D eigenvalue weighted by Crippen LogP contribution is 2.11. The predicted molar refractivity (Wildman–Crippen MR) is 116 cm³/mol. The van der Waals surface area contributed by atoms with Gasteiger partial charge < -0.3 is 47.8 Å². The normalized spacial score (nSPS) is 15.2. The lowest BCUT2D eigenvalue weighted by Gasteiger charge is -2.24. The molecule has 0 saturated heterocycles. The van der Waals surface area contributed by atoms with Gasteiger partial charge in [-0.2, -0.15) is 0 Å². The summed E-state index contributed by atoms with van der Waals surface area (Å²) in [5, 5.41) is 43.6. The molecule has 5 unspecified atom stereocenters. The van der Waals surface area contributed by atoms with Gasteiger partial charge in [0.2, 0.25) is 23.6 Å². The number of benzene rings is 1. The number of hydrogen-bond donors (Lipinski definition) is 9. The third kappa shape index (κ3) is 9.01. The first-order chi connectivity index (χ1) is 15.8. The van der Waals surface area contributed by atoms with Crippen LogP contribution < -0.4 is 27.4 Å². The van der Waals surface area contributed by atoms with Crippen molar-refractivity contribution in [3.05, 3.63) is 29.8 Å². The number of carboxylic acid groups (broad SMARTS) is 1. The van der Waals surface area contributed by atoms with E-state index in [-0.39, 0.29) is 12.2 Å². The molecule has 14 heteroatoms. The smallest absolute Gasteiger partial charge is 0.328 e. The number of primary amides is 1. The van der Waals surface area contributed by atoms with Crippen molar-refractivity contribution in [2.75, 3.05) is 6.61 Å². The number of rotatable bonds is 13. The Labute approximate surface area is 194 Å². The second kappa shape index (κ2) is 13.1. The van der Waals surface area contributed by atoms with Gasteiger partial charge in [0.15, 0.2) is 6.04 Å². The summed E-state index contributed by atoms with van der Waals surface area (Å²) in [5.41, 5.74) is 11.6. The van der Waals surface area contributed by atoms with Gasteiger partial charge in [-0.15, -0.1) is 0 Å². The Kier molecular flexibility index (Phi) is 10.9. The lowest BCUT2D eigenvalue weighted by atomic mass is 10.0. The Bertz CT molecular complexity index is 891. The second-order valence-electron chi connectivity index (χ2n) is 7.52. The van der Waals surface area contributed by atoms with Crippen molar-refractivity contribution in [2.24, 2.45) is 11.5 Å². The predicted octanol–water partition coefficient (Wildman–Crippen LogP) is -3.95. The van der Waals surface area contributed by atoms with Crippen LogP contribution in [0.15, 0.2) is 24.3 Å². The topological polar surface area (TPSA) is 254 Å². The maximum Gasteiger partial charge on any atom is 0.328 e. The fourth-order valence-electron chi connectivity index (χ4n) is 2.78. The van der Waals surface area contributed by atoms with E-state index in [4.69, 9.17) is 16.6 Å². The molecule has 0 fully saturated rings. The molecule has 0 radical (unpaired) electrons. The van der Waals surface area contributed by atoms with Crippen LogP contribution in [0.1, 0.15) is 18.9 Å². The fraction of sp³-hybridized carbons (Fsp3) is 0.450. The minimum absolute atomic E-state index is 0.0190. The third-order valence-electron chi connectivity index (χ3n) is 4.63. The van der Waals surface area contributed by atoms with E-state index >= 15 is 0 Å². The number of phenolic OH excluding ortho intramolecular Hbond substituents is 1. The third-order valence-corrected chi connectivity index (χ3v) is 4.63. The summed E-state index contributed by atoms with van der Waals surface area (Å²) in [6.45, 7) is 0.159. The van der Waals surface area contributed by atoms with Gasteiger partial charge in [0.1, 0.15) is 17.8 Å². The summed E-state index contributed by atoms with van der Waals surface area (Å²) >= 11 is 0. The molecule has 0 bridgehead atoms. The molecule has 0 spiro atoms. The average Bonchev–Trinajstić information content (AvgIpc) is 2.75. The number of nitrogens with one attached hydrogen (secondary N) is 3. The van der Waals surface area contributed by atoms with Crippen molar-refractivity contribution < 1.29 is 44.4 Å². The highest BCUT2D eigenvalue weighted by atomic mass is 16.4. The zero-order chi connectivity index (χ0) is 26.0. The quantitative estimate of drug-likeness (QED) is 0.131. The van der Waals surface area contributed by atoms with Crippen molar-refractivity contribution in [1.29, 1.82) is 0 Å². The number of aromatic hydroxyl groups is 1. The Morgan fingerprint density at radius 1 is 0.941 bits per heavy atom. The van der Waals surface area contributed by atoms with Crippen LogP contribution in [-0.2, 0) is 30.4 Å². The van der Waals surface area contributed by atoms with Crippen LogP contribution in [0.3, 0.4) is 0 Å². The van der Waals surface area contributed by atoms with Crippen molar-refractivity contribution in [1.82, 2.24) is 16.0 Å². The molecule has 0 aliphatic heterocycles. The standard InChI is InChI=1S/C20H29N5O9/c1-9(27)16(20(33)34)25-19(32)14(8-26)24-18(31)13(7-15(22)29)23-17(30)12(21)6-10-2-4-11(28)5-3-10/h2-5,9,12-14,16,26-28H,6-8,21H2,1H3,(H2,22,29)(H,23,30)(H,24,31)(H,25,32)(H,33,34). The van der Waals surface area contributed by atoms with Crippen molar-refractivity contribution >= 4 is 29.6 Å². The highest BCUT2D eigenvalue weighted by Gasteiger charge is 2.32. The molecule has 0 aliphatic rings. The minimum Gasteiger partial charge on any atom is -0.508 e. The number of hydrogen-bond acceptors (Lipinski definition) is 9. The van der Waals surface area contributed by atoms with Crippen LogP contribution in [0.2, 0.25) is 0 Å². The van der Waals surface area contributed by atoms with Crippen LogP contribution >= 0.6 is 0 Å². The molecular formula is C20H29N5O9. The SMILES string of the molecule is CC(O)C(NC(=O)C(CO)NC(=O)C(CC(N)=O)NC(=O)C(N)Cc1ccc(O)cc1)C(=O)O. The van der Waals surface area contributed by atoms with Crippen LogP contribution in [0.4, 0.5) is 0 Å². The molecular weight excluding hydrogens is 454 g/mol. The van der Waals surface area contributed by atoms with Crippen LogP contribution in [0, 0.1) is 0 Å². The molecule has 4 amide bonds. The summed E-state index contributed by atoms with van der Waals surface area (Å²) in [6.07, 6.45) is -2.10. The molecule has 1 aromatic carbocycles. The summed E-state index contributed by atoms with van der Waals surface area (Å²) in [4.78, 5) is 59.8. The second-order valence-corrected chi connectivity index (χ2v) is 7.52. The molecule has 1 rings (SSSR count). The molecule has 0 saturated carbocycles. The maximum absolute atomic E-state index is 12.6. The molecule has 34 heavy (non-hydrogen) atoms. The molecule has 1 aromatic rings. The molecule has 14 nitrogen and oxygen atoms in total. The number of aliphatic hydroxyl groups is 2. The molecule has 11 N–H and O–H groups in total. The summed E-state index contributed by atoms with van der Waals surface area (Å²) in [7, 11) is 0. The van der Waals surface area contributed by atoms with Gasteiger partial charge in [0, 0.05) is 0 Å². The van der Waals surface area contributed by atoms with Gasteiger partial charge in [0.05, 0.1) is 25.2 Å². The van der Waals surface area contributed by atoms with Crippen LogP contribution in [0.5, 0.6) is 5.75 Å². The van der Waals surface area contributed by atoms with Gasteiger partial charge >= 0.3 is 5.97 Å². The van der Waals surface area contributed by atoms with Crippen LogP contribution in [-0.4, -0.2) is 86.9 Å². The Hall–Kier alpha value is -3.75. The van der Waals surface area contributed by atoms with E-state index in [9.17, 15) is 39.3 Å². The minimum atomic E-state index is -1.71. The lowest BCUT2D eigenvalue weighted by Crippen LogP contribution is -2.59. The Balaban J connectivity index is 2.86. The number of carboxylic acids is 1. The van der Waals surface area contributed by atoms with E-state index < -0.39 is 72.9 Å². The number of nitrogens with two attached hydrogens (primary N) is 2. The molecule has 0 aliphatic carbocycles. The number of aliphatic hydroxyl groups excluding tert-OH is 2. The van der Waals surface area contributed by atoms with E-state index in [2.05, 4.69) is 10.6 Å². The number of amides is 4. The van der Waals surface area contributed by atoms with Gasteiger partial charge in [-0.05, 0) is 31.0 Å². The van der Waals surface area contributed by atoms with E-state index in [1.165, 1.54) is 24.3 Å². The monoisotopic (exact) mass is 483 g/mol. The first kappa shape index (κ1) is 28.3. The summed E-state index contributed by atoms with van der Waals surface area (Å²) in [5.74, 6) is -5.50. The molecule has 0 aromatic heterocycles. The lowest BCUT2D eigenvalue weighted by molar-refractivity contribution is -0.145. The zero-order valence-electron chi connectivity index (χ0n) is 18.3. The van der Waals surface area contributed by atoms with Crippen LogP contribution in [0.25, 0.3) is 0 Å². The maximum atomic E-state index is 12.6. The van der Waals surface area contributed by atoms with Crippen molar-refractivity contribution in [3.63, 3.8) is 0 Å². The highest BCUT2D eigenvalue weighted by molar-refractivity contribution is 5.96. The molecule has 5 atom stereocenters. The van der Waals surface area contributed by atoms with E-state index in [1.54, 1.807) is 0 Å². The number of phenols is 1. The van der Waals surface area contributed by atoms with E-state index in [0.29, 0.717) is 5.56 Å². The zero-order valence-corrected chi connectivity index (χ0v) is 18.3. The summed E-state index contributed by atoms with van der Waals surface area (Å²) < 4.78 is 0. The van der Waals surface area contributed by atoms with Crippen molar-refractivity contribution in [3.8, 4) is 5.75 Å². The van der Waals surface area contributed by atoms with Gasteiger partial charge in [-0.25, -0.2) is 4.79 Å². The average molecular weight is 483 g/mol. The number of carbonyl (C=O) groups is 5. The van der Waals surface area contributed by atoms with Gasteiger partial charge in [-0.1, -0.05) is 12.1 Å². The van der Waals surface area contributed by atoms with Crippen molar-refractivity contribution in [2.45, 2.75) is 50.0 Å². The summed E-state index contributed by atoms with van der Waals surface area (Å²) in [6, 6.07) is -0.192. The first-order valence-electron chi connectivity index (χ1n) is 10.1. The first-order valence-corrected chi connectivity index (χ1v) is 10.1. The Morgan fingerprint density at radius 2 is 1.47 bits per heavy atom. The Morgan fingerprint density at radius 3 is 1.94 bits per heavy atom. The van der Waals surface area contributed by atoms with E-state index in [1.807, 2.05) is 5.32 Å². The number of carbonyl (C=O) groups excluding carboxylic acids is 4. The fourth-order valence-corrected chi connectivity index (χ4v) is 2.78. The largest absolute Gasteiger partial charge is 0.508 e. The number of aliphatic carboxylic acids is 1. The van der Waals surface area contributed by atoms with Gasteiger partial charge in [0.25, 0.3) is 0 Å². The van der Waals surface area contributed by atoms with E-state index in [0.717, 1.165) is 6.92 Å². The molecule has 188 valence electrons. The van der Waals surface area contributed by atoms with Gasteiger partial charge in [-0.3, -0.25) is 19.2 Å². The molecule has 0 heterocycles.